The first kappa shape index (κ1) is 29.5. The second-order valence-corrected chi connectivity index (χ2v) is 12.9. The monoisotopic (exact) mass is 546 g/mol. The predicted octanol–water partition coefficient (Wildman–Crippen LogP) is 5.81. The van der Waals surface area contributed by atoms with Crippen LogP contribution in [0.5, 0.6) is 0 Å². The lowest BCUT2D eigenvalue weighted by Gasteiger charge is -2.28. The van der Waals surface area contributed by atoms with Gasteiger partial charge in [-0.1, -0.05) is 58.8 Å². The van der Waals surface area contributed by atoms with Gasteiger partial charge in [-0.15, -0.1) is 0 Å². The average Bonchev–Trinajstić information content (AvgIpc) is 3.38. The molecule has 1 aliphatic rings. The normalized spacial score (nSPS) is 14.7. The van der Waals surface area contributed by atoms with Crippen molar-refractivity contribution in [2.45, 2.75) is 60.4 Å². The summed E-state index contributed by atoms with van der Waals surface area (Å²) in [5, 5.41) is 10.1. The molecule has 0 radical (unpaired) electrons. The number of morpholine rings is 1. The Kier molecular flexibility index (Phi) is 8.80. The molecule has 0 atom stereocenters. The first-order chi connectivity index (χ1) is 18.8. The van der Waals surface area contributed by atoms with Gasteiger partial charge in [-0.2, -0.15) is 0 Å². The molecule has 1 aliphatic heterocycles. The molecule has 2 aromatic carbocycles. The highest BCUT2D eigenvalue weighted by atomic mass is 16.5. The summed E-state index contributed by atoms with van der Waals surface area (Å²) in [6.07, 6.45) is 0. The smallest absolute Gasteiger partial charge is 0.289 e. The number of hydrogen-bond acceptors (Lipinski definition) is 6. The van der Waals surface area contributed by atoms with Gasteiger partial charge < -0.3 is 19.9 Å². The van der Waals surface area contributed by atoms with Crippen LogP contribution in [-0.4, -0.2) is 54.7 Å². The Morgan fingerprint density at radius 3 is 2.35 bits per heavy atom. The van der Waals surface area contributed by atoms with E-state index in [0.29, 0.717) is 23.5 Å². The van der Waals surface area contributed by atoms with Crippen LogP contribution in [-0.2, 0) is 16.7 Å². The molecule has 2 heterocycles. The zero-order valence-corrected chi connectivity index (χ0v) is 24.8. The summed E-state index contributed by atoms with van der Waals surface area (Å²) < 4.78 is 10.8. The Labute approximate surface area is 237 Å². The maximum absolute atomic E-state index is 13.5. The molecule has 2 N–H and O–H groups in total. The molecule has 8 heteroatoms. The van der Waals surface area contributed by atoms with Gasteiger partial charge in [0.05, 0.1) is 13.2 Å². The lowest BCUT2D eigenvalue weighted by atomic mass is 9.85. The number of aryl methyl sites for hydroxylation is 1. The molecule has 0 saturated carbocycles. The zero-order valence-electron chi connectivity index (χ0n) is 24.8. The van der Waals surface area contributed by atoms with E-state index in [0.717, 1.165) is 55.1 Å². The van der Waals surface area contributed by atoms with E-state index in [9.17, 15) is 9.59 Å². The van der Waals surface area contributed by atoms with Crippen LogP contribution in [0.2, 0.25) is 0 Å². The van der Waals surface area contributed by atoms with Crippen LogP contribution in [0.15, 0.2) is 47.0 Å². The summed E-state index contributed by atoms with van der Waals surface area (Å²) in [4.78, 5) is 28.4. The second kappa shape index (κ2) is 11.9. The van der Waals surface area contributed by atoms with Crippen molar-refractivity contribution in [2.75, 3.05) is 38.2 Å². The van der Waals surface area contributed by atoms with Gasteiger partial charge in [0.2, 0.25) is 5.76 Å². The van der Waals surface area contributed by atoms with Gasteiger partial charge in [-0.25, -0.2) is 0 Å². The van der Waals surface area contributed by atoms with E-state index in [1.54, 1.807) is 6.07 Å². The van der Waals surface area contributed by atoms with Crippen LogP contribution >= 0.6 is 0 Å². The Hall–Kier alpha value is -3.49. The Balaban J connectivity index is 1.54. The fourth-order valence-electron chi connectivity index (χ4n) is 4.49. The minimum atomic E-state index is -0.303. The van der Waals surface area contributed by atoms with Gasteiger partial charge in [0, 0.05) is 49.1 Å². The first-order valence-electron chi connectivity index (χ1n) is 13.9. The van der Waals surface area contributed by atoms with Crippen LogP contribution in [0.4, 0.5) is 5.69 Å². The minimum Gasteiger partial charge on any atom is -0.379 e. The van der Waals surface area contributed by atoms with Crippen molar-refractivity contribution in [1.82, 2.24) is 15.4 Å². The third-order valence-corrected chi connectivity index (χ3v) is 6.92. The molecular weight excluding hydrogens is 504 g/mol. The summed E-state index contributed by atoms with van der Waals surface area (Å²) in [7, 11) is 0. The number of amides is 2. The lowest BCUT2D eigenvalue weighted by molar-refractivity contribution is 0.0341. The van der Waals surface area contributed by atoms with Crippen molar-refractivity contribution < 1.29 is 18.8 Å². The van der Waals surface area contributed by atoms with Crippen molar-refractivity contribution in [3.63, 3.8) is 0 Å². The number of carbonyl (C=O) groups is 2. The highest BCUT2D eigenvalue weighted by Crippen LogP contribution is 2.29. The van der Waals surface area contributed by atoms with Gasteiger partial charge in [-0.05, 0) is 58.7 Å². The Bertz CT molecular complexity index is 1360. The molecule has 1 aromatic heterocycles. The molecule has 3 aromatic rings. The van der Waals surface area contributed by atoms with Crippen molar-refractivity contribution >= 4 is 17.5 Å². The van der Waals surface area contributed by atoms with E-state index in [1.807, 2.05) is 58.0 Å². The fraction of sp³-hybridized carbons (Fsp3) is 0.469. The topological polar surface area (TPSA) is 96.7 Å². The molecular formula is C32H42N4O4. The quantitative estimate of drug-likeness (QED) is 0.388. The van der Waals surface area contributed by atoms with Crippen molar-refractivity contribution in [2.24, 2.45) is 5.41 Å². The van der Waals surface area contributed by atoms with E-state index in [-0.39, 0.29) is 28.4 Å². The summed E-state index contributed by atoms with van der Waals surface area (Å²) >= 11 is 0. The zero-order chi connectivity index (χ0) is 29.1. The second-order valence-electron chi connectivity index (χ2n) is 12.9. The number of anilines is 1. The molecule has 4 rings (SSSR count). The lowest BCUT2D eigenvalue weighted by Crippen LogP contribution is -2.35. The molecule has 214 valence electrons. The highest BCUT2D eigenvalue weighted by Gasteiger charge is 2.21. The summed E-state index contributed by atoms with van der Waals surface area (Å²) in [5.41, 5.74) is 5.63. The molecule has 0 bridgehead atoms. The molecule has 1 fully saturated rings. The van der Waals surface area contributed by atoms with Crippen LogP contribution in [0.1, 0.15) is 79.1 Å². The van der Waals surface area contributed by atoms with E-state index in [1.165, 1.54) is 0 Å². The maximum atomic E-state index is 13.5. The molecule has 40 heavy (non-hydrogen) atoms. The van der Waals surface area contributed by atoms with Crippen molar-refractivity contribution in [3.05, 3.63) is 70.5 Å². The Morgan fingerprint density at radius 2 is 1.68 bits per heavy atom. The van der Waals surface area contributed by atoms with Crippen LogP contribution in [0.25, 0.3) is 11.3 Å². The fourth-order valence-corrected chi connectivity index (χ4v) is 4.49. The van der Waals surface area contributed by atoms with Crippen molar-refractivity contribution in [1.29, 1.82) is 0 Å². The minimum absolute atomic E-state index is 0.0443. The van der Waals surface area contributed by atoms with Crippen molar-refractivity contribution in [3.8, 4) is 11.3 Å². The molecule has 8 nitrogen and oxygen atoms in total. The number of nitrogens with one attached hydrogen (secondary N) is 2. The maximum Gasteiger partial charge on any atom is 0.289 e. The van der Waals surface area contributed by atoms with E-state index < -0.39 is 0 Å². The van der Waals surface area contributed by atoms with E-state index >= 15 is 0 Å². The number of carbonyl (C=O) groups excluding carboxylic acids is 2. The number of aromatic nitrogens is 1. The standard InChI is InChI=1S/C32H42N4O4/c1-21-8-9-25(17-26(21)27-18-28(40-35-27)30(38)33-20-31(2,3)4)34-29(37)23-14-22(15-24(16-23)32(5,6)7)19-36-10-12-39-13-11-36/h8-9,14-18H,10-13,19-20H2,1-7H3,(H,33,38)(H,34,37). The van der Waals surface area contributed by atoms with E-state index in [2.05, 4.69) is 47.5 Å². The molecule has 1 saturated heterocycles. The third-order valence-electron chi connectivity index (χ3n) is 6.92. The van der Waals surface area contributed by atoms with Crippen LogP contribution in [0.3, 0.4) is 0 Å². The summed E-state index contributed by atoms with van der Waals surface area (Å²) in [6, 6.07) is 13.5. The largest absolute Gasteiger partial charge is 0.379 e. The summed E-state index contributed by atoms with van der Waals surface area (Å²) in [5.74, 6) is -0.325. The van der Waals surface area contributed by atoms with E-state index in [4.69, 9.17) is 9.26 Å². The molecule has 2 amide bonds. The first-order valence-corrected chi connectivity index (χ1v) is 13.9. The third kappa shape index (κ3) is 7.79. The van der Waals surface area contributed by atoms with Crippen LogP contribution < -0.4 is 10.6 Å². The van der Waals surface area contributed by atoms with Gasteiger partial charge in [0.1, 0.15) is 5.69 Å². The highest BCUT2D eigenvalue weighted by molar-refractivity contribution is 6.05. The average molecular weight is 547 g/mol. The molecule has 0 spiro atoms. The molecule has 0 unspecified atom stereocenters. The summed E-state index contributed by atoms with van der Waals surface area (Å²) in [6.45, 7) is 19.1. The number of ether oxygens (including phenoxy) is 1. The van der Waals surface area contributed by atoms with Gasteiger partial charge in [-0.3, -0.25) is 14.5 Å². The Morgan fingerprint density at radius 1 is 0.950 bits per heavy atom. The van der Waals surface area contributed by atoms with Gasteiger partial charge >= 0.3 is 0 Å². The molecule has 0 aliphatic carbocycles. The van der Waals surface area contributed by atoms with Crippen LogP contribution in [0, 0.1) is 12.3 Å². The number of nitrogens with zero attached hydrogens (tertiary/aromatic N) is 2. The number of rotatable bonds is 7. The number of benzene rings is 2. The van der Waals surface area contributed by atoms with Gasteiger partial charge in [0.15, 0.2) is 0 Å². The van der Waals surface area contributed by atoms with Gasteiger partial charge in [0.25, 0.3) is 11.8 Å². The SMILES string of the molecule is Cc1ccc(NC(=O)c2cc(CN3CCOCC3)cc(C(C)(C)C)c2)cc1-c1cc(C(=O)NCC(C)(C)C)on1. The number of hydrogen-bond donors (Lipinski definition) is 2. The predicted molar refractivity (Wildman–Crippen MR) is 158 cm³/mol.